The number of benzene rings is 2. The summed E-state index contributed by atoms with van der Waals surface area (Å²) < 4.78 is 10.8. The molecule has 38 heavy (non-hydrogen) atoms. The zero-order valence-corrected chi connectivity index (χ0v) is 22.5. The molecule has 0 spiro atoms. The van der Waals surface area contributed by atoms with E-state index in [1.807, 2.05) is 43.3 Å². The van der Waals surface area contributed by atoms with Crippen LogP contribution in [0, 0.1) is 0 Å². The standard InChI is InChI=1S/C29H39N3O6/c1-6-13-23(32-28(36)38-29(3,4)5)25(33)26(34)30-18-20(2)31-24(22-16-11-8-12-17-22)27(35)37-19-21-14-9-7-10-15-21/h7-12,14-17,23-25,31,33H,2,6,13,18-19H2,1,3-5H3,(H,30,34)(H,32,36)/t23?,24-,25?/m0/s1. The van der Waals surface area contributed by atoms with Gasteiger partial charge in [0.25, 0.3) is 5.91 Å². The summed E-state index contributed by atoms with van der Waals surface area (Å²) in [6.07, 6.45) is -1.22. The predicted octanol–water partition coefficient (Wildman–Crippen LogP) is 3.74. The van der Waals surface area contributed by atoms with Crippen molar-refractivity contribution in [2.75, 3.05) is 6.54 Å². The second-order valence-electron chi connectivity index (χ2n) is 9.89. The lowest BCUT2D eigenvalue weighted by Crippen LogP contribution is -2.52. The summed E-state index contributed by atoms with van der Waals surface area (Å²) in [6.45, 7) is 11.0. The Labute approximate surface area is 224 Å². The van der Waals surface area contributed by atoms with Crippen LogP contribution >= 0.6 is 0 Å². The number of aliphatic hydroxyl groups excluding tert-OH is 1. The van der Waals surface area contributed by atoms with Gasteiger partial charge in [-0.25, -0.2) is 9.59 Å². The quantitative estimate of drug-likeness (QED) is 0.294. The van der Waals surface area contributed by atoms with Gasteiger partial charge < -0.3 is 30.5 Å². The molecule has 9 heteroatoms. The maximum atomic E-state index is 13.0. The maximum absolute atomic E-state index is 13.0. The number of carbonyl (C=O) groups excluding carboxylic acids is 3. The zero-order chi connectivity index (χ0) is 28.1. The van der Waals surface area contributed by atoms with E-state index in [0.717, 1.165) is 5.56 Å². The zero-order valence-electron chi connectivity index (χ0n) is 22.5. The molecule has 4 N–H and O–H groups in total. The van der Waals surface area contributed by atoms with Crippen molar-refractivity contribution < 1.29 is 29.0 Å². The van der Waals surface area contributed by atoms with E-state index < -0.39 is 41.8 Å². The summed E-state index contributed by atoms with van der Waals surface area (Å²) in [6, 6.07) is 16.7. The van der Waals surface area contributed by atoms with E-state index in [9.17, 15) is 19.5 Å². The molecule has 206 valence electrons. The molecule has 9 nitrogen and oxygen atoms in total. The minimum Gasteiger partial charge on any atom is -0.459 e. The highest BCUT2D eigenvalue weighted by atomic mass is 16.6. The normalized spacial score (nSPS) is 13.4. The number of aliphatic hydroxyl groups is 1. The summed E-state index contributed by atoms with van der Waals surface area (Å²) in [5, 5.41) is 18.8. The van der Waals surface area contributed by atoms with E-state index in [-0.39, 0.29) is 13.2 Å². The molecule has 0 aliphatic carbocycles. The number of hydrogen-bond acceptors (Lipinski definition) is 7. The lowest BCUT2D eigenvalue weighted by molar-refractivity contribution is -0.147. The summed E-state index contributed by atoms with van der Waals surface area (Å²) in [5.41, 5.74) is 1.15. The van der Waals surface area contributed by atoms with Gasteiger partial charge in [0.1, 0.15) is 12.2 Å². The number of alkyl carbamates (subject to hydrolysis) is 1. The Hall–Kier alpha value is -3.85. The highest BCUT2D eigenvalue weighted by molar-refractivity contribution is 5.82. The average Bonchev–Trinajstić information content (AvgIpc) is 2.88. The van der Waals surface area contributed by atoms with Crippen LogP contribution in [0.2, 0.25) is 0 Å². The van der Waals surface area contributed by atoms with Crippen LogP contribution < -0.4 is 16.0 Å². The third-order valence-electron chi connectivity index (χ3n) is 5.37. The molecule has 0 aliphatic heterocycles. The number of amides is 2. The minimum absolute atomic E-state index is 0.0591. The van der Waals surface area contributed by atoms with E-state index in [0.29, 0.717) is 24.1 Å². The fourth-order valence-corrected chi connectivity index (χ4v) is 3.55. The maximum Gasteiger partial charge on any atom is 0.407 e. The van der Waals surface area contributed by atoms with Gasteiger partial charge in [-0.2, -0.15) is 0 Å². The molecule has 2 amide bonds. The van der Waals surface area contributed by atoms with Crippen molar-refractivity contribution in [2.24, 2.45) is 0 Å². The van der Waals surface area contributed by atoms with Crippen molar-refractivity contribution in [1.29, 1.82) is 0 Å². The summed E-state index contributed by atoms with van der Waals surface area (Å²) in [7, 11) is 0. The lowest BCUT2D eigenvalue weighted by atomic mass is 10.1. The Kier molecular flexibility index (Phi) is 11.8. The smallest absolute Gasteiger partial charge is 0.407 e. The highest BCUT2D eigenvalue weighted by Crippen LogP contribution is 2.17. The molecular weight excluding hydrogens is 486 g/mol. The minimum atomic E-state index is -1.50. The van der Waals surface area contributed by atoms with Crippen molar-refractivity contribution >= 4 is 18.0 Å². The summed E-state index contributed by atoms with van der Waals surface area (Å²) in [4.78, 5) is 37.8. The molecule has 2 unspecified atom stereocenters. The van der Waals surface area contributed by atoms with Gasteiger partial charge in [-0.1, -0.05) is 80.6 Å². The SMILES string of the molecule is C=C(CNC(=O)C(O)C(CCC)NC(=O)OC(C)(C)C)N[C@H](C(=O)OCc1ccccc1)c1ccccc1. The van der Waals surface area contributed by atoms with Gasteiger partial charge in [0.15, 0.2) is 12.1 Å². The van der Waals surface area contributed by atoms with Crippen molar-refractivity contribution in [3.05, 3.63) is 84.1 Å². The molecule has 0 bridgehead atoms. The molecular formula is C29H39N3O6. The molecule has 0 saturated carbocycles. The van der Waals surface area contributed by atoms with Gasteiger partial charge in [0, 0.05) is 5.70 Å². The van der Waals surface area contributed by atoms with Gasteiger partial charge in [0.05, 0.1) is 12.6 Å². The molecule has 0 heterocycles. The molecule has 0 aromatic heterocycles. The van der Waals surface area contributed by atoms with E-state index in [1.54, 1.807) is 45.0 Å². The van der Waals surface area contributed by atoms with E-state index in [1.165, 1.54) is 0 Å². The fraction of sp³-hybridized carbons (Fsp3) is 0.414. The van der Waals surface area contributed by atoms with Crippen LogP contribution in [0.3, 0.4) is 0 Å². The fourth-order valence-electron chi connectivity index (χ4n) is 3.55. The molecule has 0 radical (unpaired) electrons. The number of carbonyl (C=O) groups is 3. The van der Waals surface area contributed by atoms with Crippen LogP contribution in [0.25, 0.3) is 0 Å². The van der Waals surface area contributed by atoms with Gasteiger partial charge in [-0.15, -0.1) is 0 Å². The largest absolute Gasteiger partial charge is 0.459 e. The van der Waals surface area contributed by atoms with Crippen LogP contribution in [-0.4, -0.2) is 47.4 Å². The first-order valence-electron chi connectivity index (χ1n) is 12.6. The second kappa shape index (κ2) is 14.8. The molecule has 0 aliphatic rings. The van der Waals surface area contributed by atoms with E-state index in [4.69, 9.17) is 9.47 Å². The Morgan fingerprint density at radius 1 is 0.974 bits per heavy atom. The second-order valence-corrected chi connectivity index (χ2v) is 9.89. The van der Waals surface area contributed by atoms with Crippen molar-refractivity contribution in [1.82, 2.24) is 16.0 Å². The Morgan fingerprint density at radius 2 is 1.58 bits per heavy atom. The first-order valence-corrected chi connectivity index (χ1v) is 12.6. The number of ether oxygens (including phenoxy) is 2. The Bertz CT molecular complexity index is 1050. The van der Waals surface area contributed by atoms with Crippen molar-refractivity contribution in [3.63, 3.8) is 0 Å². The topological polar surface area (TPSA) is 126 Å². The molecule has 0 fully saturated rings. The number of hydrogen-bond donors (Lipinski definition) is 4. The summed E-state index contributed by atoms with van der Waals surface area (Å²) in [5.74, 6) is -1.19. The molecule has 2 rings (SSSR count). The third-order valence-corrected chi connectivity index (χ3v) is 5.37. The third kappa shape index (κ3) is 10.6. The first-order chi connectivity index (χ1) is 18.0. The van der Waals surface area contributed by atoms with Crippen LogP contribution in [-0.2, 0) is 25.7 Å². The van der Waals surface area contributed by atoms with E-state index >= 15 is 0 Å². The number of nitrogens with one attached hydrogen (secondary N) is 3. The highest BCUT2D eigenvalue weighted by Gasteiger charge is 2.29. The van der Waals surface area contributed by atoms with Crippen LogP contribution in [0.5, 0.6) is 0 Å². The average molecular weight is 526 g/mol. The predicted molar refractivity (Wildman–Crippen MR) is 145 cm³/mol. The van der Waals surface area contributed by atoms with Crippen molar-refractivity contribution in [3.8, 4) is 0 Å². The molecule has 3 atom stereocenters. The van der Waals surface area contributed by atoms with Crippen LogP contribution in [0.15, 0.2) is 72.9 Å². The molecule has 2 aromatic carbocycles. The first kappa shape index (κ1) is 30.4. The van der Waals surface area contributed by atoms with Gasteiger partial charge in [-0.3, -0.25) is 4.79 Å². The number of rotatable bonds is 13. The Morgan fingerprint density at radius 3 is 2.16 bits per heavy atom. The van der Waals surface area contributed by atoms with Crippen molar-refractivity contribution in [2.45, 2.75) is 70.9 Å². The van der Waals surface area contributed by atoms with Gasteiger partial charge in [-0.05, 0) is 38.3 Å². The number of esters is 1. The van der Waals surface area contributed by atoms with Crippen LogP contribution in [0.4, 0.5) is 4.79 Å². The lowest BCUT2D eigenvalue weighted by Gasteiger charge is -2.26. The monoisotopic (exact) mass is 525 g/mol. The Balaban J connectivity index is 1.97. The van der Waals surface area contributed by atoms with Crippen LogP contribution in [0.1, 0.15) is 57.7 Å². The van der Waals surface area contributed by atoms with Gasteiger partial charge in [0.2, 0.25) is 0 Å². The molecule has 0 saturated heterocycles. The van der Waals surface area contributed by atoms with Gasteiger partial charge >= 0.3 is 12.1 Å². The summed E-state index contributed by atoms with van der Waals surface area (Å²) >= 11 is 0. The van der Waals surface area contributed by atoms with E-state index in [2.05, 4.69) is 22.5 Å². The molecule has 2 aromatic rings.